The van der Waals surface area contributed by atoms with E-state index >= 15 is 0 Å². The fraction of sp³-hybridized carbons (Fsp3) is 0.857. The summed E-state index contributed by atoms with van der Waals surface area (Å²) in [5.41, 5.74) is 0. The zero-order chi connectivity index (χ0) is 7.56. The van der Waals surface area contributed by atoms with Gasteiger partial charge in [0.05, 0.1) is 0 Å². The minimum absolute atomic E-state index is 0.475. The first-order valence-electron chi connectivity index (χ1n) is 3.41. The number of halogens is 2. The fourth-order valence-electron chi connectivity index (χ4n) is 1.36. The van der Waals surface area contributed by atoms with Crippen molar-refractivity contribution < 1.29 is 4.79 Å². The number of ketones is 1. The van der Waals surface area contributed by atoms with Gasteiger partial charge in [-0.25, -0.2) is 0 Å². The van der Waals surface area contributed by atoms with Crippen molar-refractivity contribution in [1.29, 1.82) is 0 Å². The van der Waals surface area contributed by atoms with Crippen LogP contribution < -0.4 is 0 Å². The molecule has 0 aromatic carbocycles. The summed E-state index contributed by atoms with van der Waals surface area (Å²) in [5.74, 6) is 1.85. The van der Waals surface area contributed by atoms with Gasteiger partial charge >= 0.3 is 0 Å². The molecule has 2 unspecified atom stereocenters. The summed E-state index contributed by atoms with van der Waals surface area (Å²) in [5, 5.41) is 0. The first-order valence-corrected chi connectivity index (χ1v) is 6.46. The molecule has 0 spiro atoms. The van der Waals surface area contributed by atoms with E-state index in [0.717, 1.165) is 21.7 Å². The van der Waals surface area contributed by atoms with Gasteiger partial charge in [0.25, 0.3) is 0 Å². The highest BCUT2D eigenvalue weighted by Crippen LogP contribution is 2.31. The second kappa shape index (κ2) is 4.23. The topological polar surface area (TPSA) is 17.1 Å². The summed E-state index contributed by atoms with van der Waals surface area (Å²) < 4.78 is 2.30. The third-order valence-electron chi connectivity index (χ3n) is 2.04. The molecule has 1 aliphatic rings. The summed E-state index contributed by atoms with van der Waals surface area (Å²) >= 11 is 4.77. The zero-order valence-corrected chi connectivity index (χ0v) is 9.96. The van der Waals surface area contributed by atoms with Gasteiger partial charge in [-0.3, -0.25) is 4.79 Å². The van der Waals surface area contributed by atoms with Crippen molar-refractivity contribution in [2.24, 2.45) is 11.8 Å². The Hall–Kier alpha value is 1.13. The van der Waals surface area contributed by atoms with Crippen LogP contribution in [0.2, 0.25) is 0 Å². The second-order valence-corrected chi connectivity index (χ2v) is 4.54. The van der Waals surface area contributed by atoms with Gasteiger partial charge in [-0.1, -0.05) is 45.2 Å². The molecule has 0 radical (unpaired) electrons. The van der Waals surface area contributed by atoms with E-state index in [1.54, 1.807) is 0 Å². The average Bonchev–Trinajstić information content (AvgIpc) is 2.30. The molecule has 58 valence electrons. The second-order valence-electron chi connectivity index (χ2n) is 2.78. The number of carbonyl (C=O) groups is 1. The van der Waals surface area contributed by atoms with Crippen molar-refractivity contribution in [3.8, 4) is 0 Å². The number of hydrogen-bond acceptors (Lipinski definition) is 1. The highest BCUT2D eigenvalue weighted by Gasteiger charge is 2.30. The molecule has 0 aliphatic heterocycles. The van der Waals surface area contributed by atoms with Gasteiger partial charge < -0.3 is 0 Å². The molecule has 1 aliphatic carbocycles. The summed E-state index contributed by atoms with van der Waals surface area (Å²) in [4.78, 5) is 11.0. The van der Waals surface area contributed by atoms with E-state index in [9.17, 15) is 4.79 Å². The van der Waals surface area contributed by atoms with Gasteiger partial charge in [-0.05, 0) is 11.8 Å². The normalized spacial score (nSPS) is 33.2. The lowest BCUT2D eigenvalue weighted by molar-refractivity contribution is -0.117. The number of alkyl halides is 2. The molecule has 3 heteroatoms. The molecule has 0 heterocycles. The standard InChI is InChI=1S/C7H10I2O/c8-3-5-1-7(10)2-6(5)4-9/h5-6H,1-4H2. The molecule has 0 bridgehead atoms. The van der Waals surface area contributed by atoms with Crippen LogP contribution in [0.25, 0.3) is 0 Å². The number of carbonyl (C=O) groups excluding carboxylic acids is 1. The van der Waals surface area contributed by atoms with Crippen LogP contribution in [-0.2, 0) is 4.79 Å². The molecule has 10 heavy (non-hydrogen) atoms. The fourth-order valence-corrected chi connectivity index (χ4v) is 3.42. The Morgan fingerprint density at radius 3 is 1.90 bits per heavy atom. The Morgan fingerprint density at radius 1 is 1.20 bits per heavy atom. The van der Waals surface area contributed by atoms with Crippen molar-refractivity contribution >= 4 is 51.0 Å². The molecule has 0 amide bonds. The Labute approximate surface area is 88.6 Å². The van der Waals surface area contributed by atoms with E-state index < -0.39 is 0 Å². The van der Waals surface area contributed by atoms with Crippen molar-refractivity contribution in [2.75, 3.05) is 8.86 Å². The maximum absolute atomic E-state index is 11.0. The molecular weight excluding hydrogens is 354 g/mol. The van der Waals surface area contributed by atoms with Crippen LogP contribution in [0.5, 0.6) is 0 Å². The lowest BCUT2D eigenvalue weighted by Crippen LogP contribution is -2.09. The zero-order valence-electron chi connectivity index (χ0n) is 5.65. The molecule has 0 aromatic rings. The van der Waals surface area contributed by atoms with Crippen LogP contribution in [0.4, 0.5) is 0 Å². The first kappa shape index (κ1) is 9.22. The van der Waals surface area contributed by atoms with Gasteiger partial charge in [0.15, 0.2) is 0 Å². The van der Waals surface area contributed by atoms with Crippen LogP contribution >= 0.6 is 45.2 Å². The third kappa shape index (κ3) is 2.06. The summed E-state index contributed by atoms with van der Waals surface area (Å²) in [6, 6.07) is 0. The van der Waals surface area contributed by atoms with Gasteiger partial charge in [0, 0.05) is 21.7 Å². The molecular formula is C7H10I2O. The maximum atomic E-state index is 11.0. The van der Waals surface area contributed by atoms with Crippen LogP contribution in [0.15, 0.2) is 0 Å². The Bertz CT molecular complexity index is 122. The largest absolute Gasteiger partial charge is 0.300 e. The van der Waals surface area contributed by atoms with E-state index in [4.69, 9.17) is 0 Å². The van der Waals surface area contributed by atoms with Crippen LogP contribution in [0.3, 0.4) is 0 Å². The van der Waals surface area contributed by atoms with E-state index in [0.29, 0.717) is 17.6 Å². The number of Topliss-reactive ketones (excluding diaryl/α,β-unsaturated/α-hetero) is 1. The van der Waals surface area contributed by atoms with Crippen LogP contribution in [-0.4, -0.2) is 14.6 Å². The molecule has 1 fully saturated rings. The highest BCUT2D eigenvalue weighted by atomic mass is 127. The van der Waals surface area contributed by atoms with Crippen molar-refractivity contribution in [1.82, 2.24) is 0 Å². The smallest absolute Gasteiger partial charge is 0.133 e. The van der Waals surface area contributed by atoms with Gasteiger partial charge in [0.2, 0.25) is 0 Å². The maximum Gasteiger partial charge on any atom is 0.133 e. The monoisotopic (exact) mass is 364 g/mol. The number of hydrogen-bond donors (Lipinski definition) is 0. The third-order valence-corrected chi connectivity index (χ3v) is 4.31. The van der Waals surface area contributed by atoms with E-state index in [-0.39, 0.29) is 0 Å². The first-order chi connectivity index (χ1) is 4.77. The molecule has 1 saturated carbocycles. The average molecular weight is 364 g/mol. The summed E-state index contributed by atoms with van der Waals surface area (Å²) in [6.07, 6.45) is 1.69. The molecule has 2 atom stereocenters. The van der Waals surface area contributed by atoms with Crippen molar-refractivity contribution in [3.05, 3.63) is 0 Å². The highest BCUT2D eigenvalue weighted by molar-refractivity contribution is 14.1. The van der Waals surface area contributed by atoms with E-state index in [1.807, 2.05) is 0 Å². The van der Waals surface area contributed by atoms with Gasteiger partial charge in [-0.15, -0.1) is 0 Å². The van der Waals surface area contributed by atoms with Crippen molar-refractivity contribution in [2.45, 2.75) is 12.8 Å². The Balaban J connectivity index is 2.48. The van der Waals surface area contributed by atoms with Crippen LogP contribution in [0.1, 0.15) is 12.8 Å². The predicted molar refractivity (Wildman–Crippen MR) is 59.0 cm³/mol. The van der Waals surface area contributed by atoms with E-state index in [1.165, 1.54) is 0 Å². The van der Waals surface area contributed by atoms with Crippen LogP contribution in [0, 0.1) is 11.8 Å². The SMILES string of the molecule is O=C1CC(CI)C(CI)C1. The molecule has 0 N–H and O–H groups in total. The summed E-state index contributed by atoms with van der Waals surface area (Å²) in [6.45, 7) is 0. The molecule has 0 aromatic heterocycles. The lowest BCUT2D eigenvalue weighted by Gasteiger charge is -2.11. The van der Waals surface area contributed by atoms with Gasteiger partial charge in [-0.2, -0.15) is 0 Å². The van der Waals surface area contributed by atoms with Gasteiger partial charge in [0.1, 0.15) is 5.78 Å². The minimum Gasteiger partial charge on any atom is -0.300 e. The van der Waals surface area contributed by atoms with E-state index in [2.05, 4.69) is 45.2 Å². The van der Waals surface area contributed by atoms with Crippen molar-refractivity contribution in [3.63, 3.8) is 0 Å². The molecule has 1 nitrogen and oxygen atoms in total. The number of rotatable bonds is 2. The predicted octanol–water partition coefficient (Wildman–Crippen LogP) is 2.45. The minimum atomic E-state index is 0.475. The molecule has 0 saturated heterocycles. The Kier molecular flexibility index (Phi) is 3.90. The molecule has 1 rings (SSSR count). The Morgan fingerprint density at radius 2 is 1.60 bits per heavy atom. The summed E-state index contributed by atoms with van der Waals surface area (Å²) in [7, 11) is 0. The lowest BCUT2D eigenvalue weighted by atomic mass is 10.0. The quantitative estimate of drug-likeness (QED) is 0.544.